The van der Waals surface area contributed by atoms with E-state index in [4.69, 9.17) is 0 Å². The van der Waals surface area contributed by atoms with Gasteiger partial charge in [0.15, 0.2) is 0 Å². The average molecular weight is 454 g/mol. The molecule has 0 aliphatic rings. The van der Waals surface area contributed by atoms with Crippen LogP contribution in [0.5, 0.6) is 0 Å². The molecular formula is C12H8Br3NOS. The first-order chi connectivity index (χ1) is 8.56. The monoisotopic (exact) mass is 451 g/mol. The summed E-state index contributed by atoms with van der Waals surface area (Å²) in [6.07, 6.45) is 0. The Morgan fingerprint density at radius 1 is 1.22 bits per heavy atom. The van der Waals surface area contributed by atoms with Gasteiger partial charge in [0, 0.05) is 11.0 Å². The first kappa shape index (κ1) is 14.2. The van der Waals surface area contributed by atoms with Gasteiger partial charge in [0.2, 0.25) is 0 Å². The predicted molar refractivity (Wildman–Crippen MR) is 85.0 cm³/mol. The number of hydrogen-bond donors (Lipinski definition) is 1. The fraction of sp³-hybridized carbons (Fsp3) is 0.0833. The van der Waals surface area contributed by atoms with Gasteiger partial charge in [-0.05, 0) is 55.6 Å². The summed E-state index contributed by atoms with van der Waals surface area (Å²) in [4.78, 5) is 12.0. The van der Waals surface area contributed by atoms with Crippen LogP contribution >= 0.6 is 59.1 Å². The van der Waals surface area contributed by atoms with E-state index in [1.807, 2.05) is 30.3 Å². The Morgan fingerprint density at radius 3 is 2.61 bits per heavy atom. The van der Waals surface area contributed by atoms with Crippen LogP contribution < -0.4 is 5.32 Å². The summed E-state index contributed by atoms with van der Waals surface area (Å²) in [7, 11) is 0. The Bertz CT molecular complexity index is 582. The molecule has 1 amide bonds. The zero-order chi connectivity index (χ0) is 13.1. The third-order valence-electron chi connectivity index (χ3n) is 2.24. The number of carbonyl (C=O) groups excluding carboxylic acids is 1. The lowest BCUT2D eigenvalue weighted by atomic mass is 10.2. The number of rotatable bonds is 3. The van der Waals surface area contributed by atoms with E-state index in [1.165, 1.54) is 11.3 Å². The number of hydrogen-bond acceptors (Lipinski definition) is 2. The minimum Gasteiger partial charge on any atom is -0.348 e. The molecular weight excluding hydrogens is 446 g/mol. The topological polar surface area (TPSA) is 29.1 Å². The van der Waals surface area contributed by atoms with Crippen LogP contribution in [0.4, 0.5) is 0 Å². The summed E-state index contributed by atoms with van der Waals surface area (Å²) in [5.41, 5.74) is 1.71. The molecule has 0 saturated carbocycles. The Balaban J connectivity index is 2.03. The van der Waals surface area contributed by atoms with Crippen molar-refractivity contribution in [3.05, 3.63) is 53.5 Å². The summed E-state index contributed by atoms with van der Waals surface area (Å²) in [6, 6.07) is 9.67. The SMILES string of the molecule is O=C(NCc1cccc(Br)c1)c1cc(Br)sc1Br. The minimum absolute atomic E-state index is 0.0798. The summed E-state index contributed by atoms with van der Waals surface area (Å²) in [5.74, 6) is -0.0798. The lowest BCUT2D eigenvalue weighted by molar-refractivity contribution is 0.0950. The van der Waals surface area contributed by atoms with Gasteiger partial charge in [-0.1, -0.05) is 28.1 Å². The summed E-state index contributed by atoms with van der Waals surface area (Å²) < 4.78 is 2.77. The molecule has 6 heteroatoms. The molecule has 1 aromatic heterocycles. The van der Waals surface area contributed by atoms with Crippen LogP contribution in [-0.2, 0) is 6.54 Å². The second-order valence-corrected chi connectivity index (χ2v) is 8.22. The highest BCUT2D eigenvalue weighted by atomic mass is 79.9. The van der Waals surface area contributed by atoms with Gasteiger partial charge in [-0.15, -0.1) is 11.3 Å². The third-order valence-corrected chi connectivity index (χ3v) is 5.08. The van der Waals surface area contributed by atoms with Gasteiger partial charge in [-0.3, -0.25) is 4.79 Å². The molecule has 0 bridgehead atoms. The van der Waals surface area contributed by atoms with E-state index in [9.17, 15) is 4.79 Å². The zero-order valence-corrected chi connectivity index (χ0v) is 14.6. The highest BCUT2D eigenvalue weighted by molar-refractivity contribution is 9.12. The Labute approximate surface area is 134 Å². The van der Waals surface area contributed by atoms with Crippen LogP contribution in [0.15, 0.2) is 42.4 Å². The molecule has 0 atom stereocenters. The number of thiophene rings is 1. The van der Waals surface area contributed by atoms with Gasteiger partial charge in [-0.25, -0.2) is 0 Å². The molecule has 0 radical (unpaired) electrons. The second-order valence-electron chi connectivity index (χ2n) is 3.55. The van der Waals surface area contributed by atoms with Crippen molar-refractivity contribution in [3.8, 4) is 0 Å². The normalized spacial score (nSPS) is 10.4. The van der Waals surface area contributed by atoms with E-state index in [0.29, 0.717) is 12.1 Å². The molecule has 18 heavy (non-hydrogen) atoms. The molecule has 2 aromatic rings. The van der Waals surface area contributed by atoms with Crippen LogP contribution in [0.2, 0.25) is 0 Å². The Morgan fingerprint density at radius 2 is 2.00 bits per heavy atom. The Hall–Kier alpha value is -0.170. The molecule has 2 rings (SSSR count). The first-order valence-electron chi connectivity index (χ1n) is 5.04. The molecule has 0 spiro atoms. The quantitative estimate of drug-likeness (QED) is 0.698. The van der Waals surface area contributed by atoms with E-state index in [2.05, 4.69) is 53.1 Å². The lowest BCUT2D eigenvalue weighted by Gasteiger charge is -2.05. The number of nitrogens with one attached hydrogen (secondary N) is 1. The number of benzene rings is 1. The Kier molecular flexibility index (Phi) is 5.00. The molecule has 0 unspecified atom stereocenters. The van der Waals surface area contributed by atoms with Crippen LogP contribution in [0, 0.1) is 0 Å². The van der Waals surface area contributed by atoms with E-state index < -0.39 is 0 Å². The number of halogens is 3. The maximum Gasteiger partial charge on any atom is 0.253 e. The maximum absolute atomic E-state index is 12.0. The van der Waals surface area contributed by atoms with E-state index in [-0.39, 0.29) is 5.91 Å². The molecule has 1 N–H and O–H groups in total. The average Bonchev–Trinajstić information content (AvgIpc) is 2.66. The predicted octanol–water partition coefficient (Wildman–Crippen LogP) is 4.97. The molecule has 94 valence electrons. The van der Waals surface area contributed by atoms with Crippen LogP contribution in [-0.4, -0.2) is 5.91 Å². The maximum atomic E-state index is 12.0. The number of carbonyl (C=O) groups is 1. The largest absolute Gasteiger partial charge is 0.348 e. The van der Waals surface area contributed by atoms with Crippen molar-refractivity contribution in [3.63, 3.8) is 0 Å². The zero-order valence-electron chi connectivity index (χ0n) is 9.04. The minimum atomic E-state index is -0.0798. The van der Waals surface area contributed by atoms with Crippen molar-refractivity contribution in [2.45, 2.75) is 6.54 Å². The van der Waals surface area contributed by atoms with Gasteiger partial charge in [0.1, 0.15) is 0 Å². The summed E-state index contributed by atoms with van der Waals surface area (Å²) in [6.45, 7) is 0.512. The highest BCUT2D eigenvalue weighted by Gasteiger charge is 2.13. The molecule has 0 aliphatic carbocycles. The van der Waals surface area contributed by atoms with Gasteiger partial charge in [0.25, 0.3) is 5.91 Å². The highest BCUT2D eigenvalue weighted by Crippen LogP contribution is 2.31. The molecule has 1 aromatic carbocycles. The van der Waals surface area contributed by atoms with Gasteiger partial charge in [-0.2, -0.15) is 0 Å². The van der Waals surface area contributed by atoms with Crippen molar-refractivity contribution in [1.29, 1.82) is 0 Å². The molecule has 0 saturated heterocycles. The number of amides is 1. The van der Waals surface area contributed by atoms with Crippen LogP contribution in [0.3, 0.4) is 0 Å². The fourth-order valence-electron chi connectivity index (χ4n) is 1.42. The molecule has 0 aliphatic heterocycles. The smallest absolute Gasteiger partial charge is 0.253 e. The van der Waals surface area contributed by atoms with Gasteiger partial charge < -0.3 is 5.32 Å². The van der Waals surface area contributed by atoms with Gasteiger partial charge >= 0.3 is 0 Å². The summed E-state index contributed by atoms with van der Waals surface area (Å²) in [5, 5.41) is 2.89. The summed E-state index contributed by atoms with van der Waals surface area (Å²) >= 11 is 11.6. The third kappa shape index (κ3) is 3.66. The van der Waals surface area contributed by atoms with Crippen molar-refractivity contribution in [1.82, 2.24) is 5.32 Å². The molecule has 0 fully saturated rings. The van der Waals surface area contributed by atoms with Crippen molar-refractivity contribution in [2.75, 3.05) is 0 Å². The molecule has 2 nitrogen and oxygen atoms in total. The fourth-order valence-corrected chi connectivity index (χ4v) is 4.66. The standard InChI is InChI=1S/C12H8Br3NOS/c13-8-3-1-2-7(4-8)6-16-12(17)9-5-10(14)18-11(9)15/h1-5H,6H2,(H,16,17). The van der Waals surface area contributed by atoms with Crippen molar-refractivity contribution >= 4 is 65.0 Å². The lowest BCUT2D eigenvalue weighted by Crippen LogP contribution is -2.22. The first-order valence-corrected chi connectivity index (χ1v) is 8.23. The van der Waals surface area contributed by atoms with Crippen molar-refractivity contribution in [2.24, 2.45) is 0 Å². The molecule has 1 heterocycles. The van der Waals surface area contributed by atoms with E-state index in [1.54, 1.807) is 0 Å². The van der Waals surface area contributed by atoms with Gasteiger partial charge in [0.05, 0.1) is 13.1 Å². The van der Waals surface area contributed by atoms with E-state index in [0.717, 1.165) is 17.6 Å². The van der Waals surface area contributed by atoms with E-state index >= 15 is 0 Å². The van der Waals surface area contributed by atoms with Crippen LogP contribution in [0.1, 0.15) is 15.9 Å². The second kappa shape index (κ2) is 6.32. The van der Waals surface area contributed by atoms with Crippen molar-refractivity contribution < 1.29 is 4.79 Å². The van der Waals surface area contributed by atoms with Crippen LogP contribution in [0.25, 0.3) is 0 Å².